The average Bonchev–Trinajstić information content (AvgIpc) is 2.06. The van der Waals surface area contributed by atoms with Crippen molar-refractivity contribution >= 4 is 0 Å². The van der Waals surface area contributed by atoms with E-state index in [9.17, 15) is 0 Å². The van der Waals surface area contributed by atoms with Crippen LogP contribution in [0.2, 0.25) is 0 Å². The van der Waals surface area contributed by atoms with Crippen LogP contribution in [0.25, 0.3) is 0 Å². The summed E-state index contributed by atoms with van der Waals surface area (Å²) in [5.74, 6) is 0.706. The second kappa shape index (κ2) is 4.97. The molecule has 0 nitrogen and oxygen atoms in total. The molecule has 1 radical (unpaired) electrons. The molecule has 0 saturated heterocycles. The lowest BCUT2D eigenvalue weighted by atomic mass is 9.97. The van der Waals surface area contributed by atoms with Crippen molar-refractivity contribution in [2.75, 3.05) is 0 Å². The maximum atomic E-state index is 2.37. The van der Waals surface area contributed by atoms with E-state index in [4.69, 9.17) is 0 Å². The number of hydrogen-bond donors (Lipinski definition) is 0. The quantitative estimate of drug-likeness (QED) is 0.634. The third kappa shape index (κ3) is 3.08. The molecule has 0 fully saturated rings. The molecule has 0 aliphatic carbocycles. The van der Waals surface area contributed by atoms with E-state index in [1.807, 2.05) is 0 Å². The topological polar surface area (TPSA) is 0 Å². The van der Waals surface area contributed by atoms with Crippen molar-refractivity contribution in [3.8, 4) is 0 Å². The molecular formula is C12H17. The van der Waals surface area contributed by atoms with Gasteiger partial charge < -0.3 is 0 Å². The third-order valence-corrected chi connectivity index (χ3v) is 2.04. The Morgan fingerprint density at radius 3 is 2.50 bits per heavy atom. The lowest BCUT2D eigenvalue weighted by Crippen LogP contribution is -1.99. The Labute approximate surface area is 75.6 Å². The van der Waals surface area contributed by atoms with Crippen LogP contribution in [-0.4, -0.2) is 0 Å². The molecule has 1 unspecified atom stereocenters. The minimum atomic E-state index is 0.706. The summed E-state index contributed by atoms with van der Waals surface area (Å²) in [5, 5.41) is 0. The van der Waals surface area contributed by atoms with Crippen LogP contribution in [0.4, 0.5) is 0 Å². The molecule has 0 heteroatoms. The summed E-state index contributed by atoms with van der Waals surface area (Å²) in [6.45, 7) is 4.47. The van der Waals surface area contributed by atoms with E-state index >= 15 is 0 Å². The Kier molecular flexibility index (Phi) is 3.86. The highest BCUT2D eigenvalue weighted by atomic mass is 14.1. The van der Waals surface area contributed by atoms with Crippen LogP contribution in [0.15, 0.2) is 30.3 Å². The zero-order valence-electron chi connectivity index (χ0n) is 7.96. The fraction of sp³-hybridized carbons (Fsp3) is 0.417. The van der Waals surface area contributed by atoms with Gasteiger partial charge in [0.05, 0.1) is 0 Å². The van der Waals surface area contributed by atoms with Crippen LogP contribution >= 0.6 is 0 Å². The van der Waals surface area contributed by atoms with Gasteiger partial charge in [-0.25, -0.2) is 0 Å². The Morgan fingerprint density at radius 1 is 1.25 bits per heavy atom. The molecule has 1 rings (SSSR count). The van der Waals surface area contributed by atoms with E-state index in [0.717, 1.165) is 0 Å². The van der Waals surface area contributed by atoms with Crippen LogP contribution in [0.3, 0.4) is 0 Å². The number of rotatable bonds is 4. The fourth-order valence-corrected chi connectivity index (χ4v) is 1.47. The van der Waals surface area contributed by atoms with Crippen LogP contribution in [-0.2, 0) is 6.42 Å². The largest absolute Gasteiger partial charge is 0.0651 e. The highest BCUT2D eigenvalue weighted by Gasteiger charge is 2.01. The number of hydrogen-bond acceptors (Lipinski definition) is 0. The zero-order valence-corrected chi connectivity index (χ0v) is 7.96. The molecule has 0 amide bonds. The monoisotopic (exact) mass is 161 g/mol. The average molecular weight is 161 g/mol. The molecule has 0 aromatic heterocycles. The molecule has 0 aliphatic heterocycles. The van der Waals surface area contributed by atoms with Gasteiger partial charge in [-0.05, 0) is 24.3 Å². The zero-order chi connectivity index (χ0) is 8.81. The molecule has 0 spiro atoms. The Morgan fingerprint density at radius 2 is 1.92 bits per heavy atom. The van der Waals surface area contributed by atoms with Crippen LogP contribution < -0.4 is 0 Å². The van der Waals surface area contributed by atoms with Gasteiger partial charge in [-0.3, -0.25) is 0 Å². The molecule has 0 aliphatic rings. The van der Waals surface area contributed by atoms with E-state index < -0.39 is 0 Å². The first-order valence-corrected chi connectivity index (χ1v) is 4.70. The van der Waals surface area contributed by atoms with Gasteiger partial charge in [0.2, 0.25) is 0 Å². The maximum Gasteiger partial charge on any atom is -0.0250 e. The van der Waals surface area contributed by atoms with Crippen LogP contribution in [0, 0.1) is 12.3 Å². The summed E-state index contributed by atoms with van der Waals surface area (Å²) in [4.78, 5) is 0. The lowest BCUT2D eigenvalue weighted by Gasteiger charge is -2.08. The molecule has 1 aromatic rings. The fourth-order valence-electron chi connectivity index (χ4n) is 1.47. The van der Waals surface area contributed by atoms with Gasteiger partial charge in [0, 0.05) is 0 Å². The number of benzene rings is 1. The SMILES string of the molecule is CC[CH]C(C)Cc1ccccc1. The van der Waals surface area contributed by atoms with Gasteiger partial charge in [-0.15, -0.1) is 0 Å². The predicted octanol–water partition coefficient (Wildman–Crippen LogP) is 3.48. The highest BCUT2D eigenvalue weighted by molar-refractivity contribution is 5.15. The predicted molar refractivity (Wildman–Crippen MR) is 53.9 cm³/mol. The van der Waals surface area contributed by atoms with Crippen LogP contribution in [0.5, 0.6) is 0 Å². The highest BCUT2D eigenvalue weighted by Crippen LogP contribution is 2.11. The summed E-state index contributed by atoms with van der Waals surface area (Å²) in [6.07, 6.45) is 4.72. The molecular weight excluding hydrogens is 144 g/mol. The van der Waals surface area contributed by atoms with Gasteiger partial charge >= 0.3 is 0 Å². The standard InChI is InChI=1S/C12H17/c1-3-7-11(2)10-12-8-5-4-6-9-12/h4-9,11H,3,10H2,1-2H3. The lowest BCUT2D eigenvalue weighted by molar-refractivity contribution is 0.645. The van der Waals surface area contributed by atoms with Crippen molar-refractivity contribution in [2.45, 2.75) is 26.7 Å². The Hall–Kier alpha value is -0.780. The van der Waals surface area contributed by atoms with Crippen molar-refractivity contribution in [2.24, 2.45) is 5.92 Å². The molecule has 1 atom stereocenters. The first-order valence-electron chi connectivity index (χ1n) is 4.70. The van der Waals surface area contributed by atoms with Gasteiger partial charge in [0.15, 0.2) is 0 Å². The second-order valence-corrected chi connectivity index (χ2v) is 3.31. The Bertz CT molecular complexity index is 201. The first kappa shape index (κ1) is 9.31. The minimum Gasteiger partial charge on any atom is -0.0651 e. The smallest absolute Gasteiger partial charge is 0.0250 e. The normalized spacial score (nSPS) is 12.8. The van der Waals surface area contributed by atoms with Gasteiger partial charge in [-0.1, -0.05) is 50.6 Å². The van der Waals surface area contributed by atoms with Gasteiger partial charge in [0.25, 0.3) is 0 Å². The molecule has 0 N–H and O–H groups in total. The van der Waals surface area contributed by atoms with Crippen molar-refractivity contribution in [1.29, 1.82) is 0 Å². The van der Waals surface area contributed by atoms with Gasteiger partial charge in [-0.2, -0.15) is 0 Å². The van der Waals surface area contributed by atoms with E-state index in [0.29, 0.717) is 5.92 Å². The summed E-state index contributed by atoms with van der Waals surface area (Å²) >= 11 is 0. The summed E-state index contributed by atoms with van der Waals surface area (Å²) < 4.78 is 0. The van der Waals surface area contributed by atoms with E-state index in [2.05, 4.69) is 50.6 Å². The minimum absolute atomic E-state index is 0.706. The summed E-state index contributed by atoms with van der Waals surface area (Å²) in [6, 6.07) is 10.7. The van der Waals surface area contributed by atoms with Crippen molar-refractivity contribution in [3.63, 3.8) is 0 Å². The summed E-state index contributed by atoms with van der Waals surface area (Å²) in [7, 11) is 0. The second-order valence-electron chi connectivity index (χ2n) is 3.31. The Balaban J connectivity index is 2.41. The molecule has 0 saturated carbocycles. The van der Waals surface area contributed by atoms with Gasteiger partial charge in [0.1, 0.15) is 0 Å². The molecule has 0 heterocycles. The molecule has 1 aromatic carbocycles. The van der Waals surface area contributed by atoms with Crippen molar-refractivity contribution < 1.29 is 0 Å². The first-order chi connectivity index (χ1) is 5.83. The molecule has 65 valence electrons. The van der Waals surface area contributed by atoms with E-state index in [1.54, 1.807) is 0 Å². The third-order valence-electron chi connectivity index (χ3n) is 2.04. The van der Waals surface area contributed by atoms with E-state index in [1.165, 1.54) is 18.4 Å². The summed E-state index contributed by atoms with van der Waals surface area (Å²) in [5.41, 5.74) is 1.44. The maximum absolute atomic E-state index is 2.37. The van der Waals surface area contributed by atoms with Crippen LogP contribution in [0.1, 0.15) is 25.8 Å². The van der Waals surface area contributed by atoms with Crippen molar-refractivity contribution in [3.05, 3.63) is 42.3 Å². The molecule has 12 heavy (non-hydrogen) atoms. The van der Waals surface area contributed by atoms with Crippen molar-refractivity contribution in [1.82, 2.24) is 0 Å². The molecule has 0 bridgehead atoms. The van der Waals surface area contributed by atoms with E-state index in [-0.39, 0.29) is 0 Å².